The molecule has 0 aliphatic carbocycles. The van der Waals surface area contributed by atoms with Crippen molar-refractivity contribution in [1.82, 2.24) is 16.2 Å². The lowest BCUT2D eigenvalue weighted by Gasteiger charge is -2.19. The average molecular weight is 449 g/mol. The summed E-state index contributed by atoms with van der Waals surface area (Å²) in [6.45, 7) is 0.107. The van der Waals surface area contributed by atoms with Gasteiger partial charge in [-0.15, -0.1) is 0 Å². The third-order valence-electron chi connectivity index (χ3n) is 4.43. The standard InChI is InChI=1S/C24H24N4O3S/c29-22(27-28-23(32)25-20-14-8-3-9-15-20)21(16-18-10-4-1-5-11-18)26-24(30)31-17-19-12-6-2-7-13-19/h1-15,21H,16-17H2,(H,26,30)(H,27,29)(H2,25,28,32)/t21-/m0/s1. The topological polar surface area (TPSA) is 91.5 Å². The molecular weight excluding hydrogens is 424 g/mol. The predicted octanol–water partition coefficient (Wildman–Crippen LogP) is 3.54. The van der Waals surface area contributed by atoms with Crippen LogP contribution in [0, 0.1) is 0 Å². The Morgan fingerprint density at radius 2 is 1.34 bits per heavy atom. The maximum absolute atomic E-state index is 12.8. The minimum Gasteiger partial charge on any atom is -0.445 e. The van der Waals surface area contributed by atoms with Gasteiger partial charge in [-0.3, -0.25) is 15.6 Å². The van der Waals surface area contributed by atoms with Crippen molar-refractivity contribution in [3.05, 3.63) is 102 Å². The van der Waals surface area contributed by atoms with Crippen LogP contribution in [0.15, 0.2) is 91.0 Å². The van der Waals surface area contributed by atoms with E-state index in [1.165, 1.54) is 0 Å². The Morgan fingerprint density at radius 3 is 1.97 bits per heavy atom. The Labute approximate surface area is 192 Å². The number of ether oxygens (including phenoxy) is 1. The number of amides is 2. The fraction of sp³-hybridized carbons (Fsp3) is 0.125. The van der Waals surface area contributed by atoms with Crippen LogP contribution in [-0.4, -0.2) is 23.2 Å². The van der Waals surface area contributed by atoms with E-state index >= 15 is 0 Å². The summed E-state index contributed by atoms with van der Waals surface area (Å²) >= 11 is 5.21. The van der Waals surface area contributed by atoms with Gasteiger partial charge in [0.15, 0.2) is 5.11 Å². The van der Waals surface area contributed by atoms with E-state index in [-0.39, 0.29) is 18.1 Å². The maximum Gasteiger partial charge on any atom is 0.408 e. The summed E-state index contributed by atoms with van der Waals surface area (Å²) in [5, 5.41) is 5.81. The molecule has 0 aromatic heterocycles. The molecule has 0 aliphatic rings. The van der Waals surface area contributed by atoms with Gasteiger partial charge >= 0.3 is 6.09 Å². The molecule has 0 aliphatic heterocycles. The Hall–Kier alpha value is -3.91. The second-order valence-electron chi connectivity index (χ2n) is 6.88. The number of hydrogen-bond donors (Lipinski definition) is 4. The molecule has 0 heterocycles. The second-order valence-corrected chi connectivity index (χ2v) is 7.29. The quantitative estimate of drug-likeness (QED) is 0.327. The smallest absolute Gasteiger partial charge is 0.408 e. The van der Waals surface area contributed by atoms with Crippen molar-refractivity contribution in [2.24, 2.45) is 0 Å². The molecule has 0 saturated heterocycles. The van der Waals surface area contributed by atoms with Crippen molar-refractivity contribution in [2.75, 3.05) is 5.32 Å². The van der Waals surface area contributed by atoms with E-state index < -0.39 is 18.0 Å². The predicted molar refractivity (Wildman–Crippen MR) is 128 cm³/mol. The molecule has 0 saturated carbocycles. The van der Waals surface area contributed by atoms with Crippen molar-refractivity contribution < 1.29 is 14.3 Å². The number of hydrazine groups is 1. The van der Waals surface area contributed by atoms with Crippen LogP contribution in [0.3, 0.4) is 0 Å². The number of nitrogens with one attached hydrogen (secondary N) is 4. The molecule has 8 heteroatoms. The largest absolute Gasteiger partial charge is 0.445 e. The average Bonchev–Trinajstić information content (AvgIpc) is 2.83. The third-order valence-corrected chi connectivity index (χ3v) is 4.64. The summed E-state index contributed by atoms with van der Waals surface area (Å²) in [7, 11) is 0. The molecule has 0 radical (unpaired) electrons. The van der Waals surface area contributed by atoms with Crippen LogP contribution in [0.5, 0.6) is 0 Å². The molecule has 1 atom stereocenters. The molecule has 2 amide bonds. The van der Waals surface area contributed by atoms with Crippen molar-refractivity contribution in [3.63, 3.8) is 0 Å². The van der Waals surface area contributed by atoms with Gasteiger partial charge in [0.25, 0.3) is 5.91 Å². The Balaban J connectivity index is 1.56. The molecule has 0 spiro atoms. The first kappa shape index (κ1) is 22.8. The van der Waals surface area contributed by atoms with E-state index in [0.29, 0.717) is 0 Å². The lowest BCUT2D eigenvalue weighted by atomic mass is 10.1. The van der Waals surface area contributed by atoms with E-state index in [4.69, 9.17) is 17.0 Å². The highest BCUT2D eigenvalue weighted by molar-refractivity contribution is 7.80. The number of carbonyl (C=O) groups excluding carboxylic acids is 2. The molecule has 164 valence electrons. The van der Waals surface area contributed by atoms with Crippen molar-refractivity contribution in [2.45, 2.75) is 19.1 Å². The summed E-state index contributed by atoms with van der Waals surface area (Å²) < 4.78 is 5.26. The van der Waals surface area contributed by atoms with Crippen LogP contribution in [-0.2, 0) is 22.6 Å². The molecule has 0 bridgehead atoms. The van der Waals surface area contributed by atoms with Crippen molar-refractivity contribution in [1.29, 1.82) is 0 Å². The Kier molecular flexibility index (Phi) is 8.59. The van der Waals surface area contributed by atoms with Crippen LogP contribution in [0.1, 0.15) is 11.1 Å². The lowest BCUT2D eigenvalue weighted by Crippen LogP contribution is -2.53. The lowest BCUT2D eigenvalue weighted by molar-refractivity contribution is -0.123. The van der Waals surface area contributed by atoms with Gasteiger partial charge in [-0.2, -0.15) is 0 Å². The highest BCUT2D eigenvalue weighted by atomic mass is 32.1. The molecule has 7 nitrogen and oxygen atoms in total. The number of alkyl carbamates (subject to hydrolysis) is 1. The van der Waals surface area contributed by atoms with Crippen LogP contribution >= 0.6 is 12.2 Å². The first-order valence-electron chi connectivity index (χ1n) is 10.0. The van der Waals surface area contributed by atoms with Gasteiger partial charge in [-0.1, -0.05) is 78.9 Å². The summed E-state index contributed by atoms with van der Waals surface area (Å²) in [6.07, 6.45) is -0.400. The summed E-state index contributed by atoms with van der Waals surface area (Å²) in [4.78, 5) is 25.1. The number of para-hydroxylation sites is 1. The zero-order valence-corrected chi connectivity index (χ0v) is 18.1. The fourth-order valence-corrected chi connectivity index (χ4v) is 3.02. The fourth-order valence-electron chi connectivity index (χ4n) is 2.86. The van der Waals surface area contributed by atoms with Crippen molar-refractivity contribution >= 4 is 35.0 Å². The van der Waals surface area contributed by atoms with Crippen molar-refractivity contribution in [3.8, 4) is 0 Å². The Bertz CT molecular complexity index is 1020. The van der Waals surface area contributed by atoms with Gasteiger partial charge in [-0.25, -0.2) is 4.79 Å². The maximum atomic E-state index is 12.8. The highest BCUT2D eigenvalue weighted by Gasteiger charge is 2.22. The summed E-state index contributed by atoms with van der Waals surface area (Å²) in [6, 6.07) is 27.1. The highest BCUT2D eigenvalue weighted by Crippen LogP contribution is 2.06. The number of benzene rings is 3. The molecule has 4 N–H and O–H groups in total. The minimum absolute atomic E-state index is 0.107. The van der Waals surface area contributed by atoms with Crippen LogP contribution < -0.4 is 21.5 Å². The first-order chi connectivity index (χ1) is 15.6. The number of carbonyl (C=O) groups is 2. The molecule has 0 fully saturated rings. The molecule has 3 rings (SSSR count). The molecule has 0 unspecified atom stereocenters. The minimum atomic E-state index is -0.868. The zero-order valence-electron chi connectivity index (χ0n) is 17.3. The van der Waals surface area contributed by atoms with Crippen LogP contribution in [0.4, 0.5) is 10.5 Å². The van der Waals surface area contributed by atoms with Gasteiger partial charge in [-0.05, 0) is 35.5 Å². The number of thiocarbonyl (C=S) groups is 1. The Morgan fingerprint density at radius 1 is 0.781 bits per heavy atom. The van der Waals surface area contributed by atoms with Gasteiger partial charge in [0.05, 0.1) is 0 Å². The molecule has 3 aromatic rings. The zero-order chi connectivity index (χ0) is 22.6. The van der Waals surface area contributed by atoms with E-state index in [2.05, 4.69) is 21.5 Å². The number of anilines is 1. The van der Waals surface area contributed by atoms with E-state index in [1.54, 1.807) is 0 Å². The van der Waals surface area contributed by atoms with Gasteiger partial charge in [0.2, 0.25) is 0 Å². The van der Waals surface area contributed by atoms with Gasteiger partial charge in [0, 0.05) is 12.1 Å². The number of rotatable bonds is 7. The number of hydrogen-bond acceptors (Lipinski definition) is 4. The third kappa shape index (κ3) is 7.73. The monoisotopic (exact) mass is 448 g/mol. The summed E-state index contributed by atoms with van der Waals surface area (Å²) in [5.74, 6) is -0.456. The van der Waals surface area contributed by atoms with Crippen LogP contribution in [0.25, 0.3) is 0 Å². The van der Waals surface area contributed by atoms with E-state index in [1.807, 2.05) is 91.0 Å². The normalized spacial score (nSPS) is 11.0. The first-order valence-corrected chi connectivity index (χ1v) is 10.4. The molecule has 3 aromatic carbocycles. The van der Waals surface area contributed by atoms with Crippen LogP contribution in [0.2, 0.25) is 0 Å². The van der Waals surface area contributed by atoms with E-state index in [0.717, 1.165) is 16.8 Å². The van der Waals surface area contributed by atoms with E-state index in [9.17, 15) is 9.59 Å². The molecule has 32 heavy (non-hydrogen) atoms. The molecular formula is C24H24N4O3S. The van der Waals surface area contributed by atoms with Gasteiger partial charge < -0.3 is 15.4 Å². The SMILES string of the molecule is O=C(N[C@@H](Cc1ccccc1)C(=O)NNC(=S)Nc1ccccc1)OCc1ccccc1. The summed E-state index contributed by atoms with van der Waals surface area (Å²) in [5.41, 5.74) is 7.72. The second kappa shape index (κ2) is 12.1. The van der Waals surface area contributed by atoms with Gasteiger partial charge in [0.1, 0.15) is 12.6 Å².